The molecule has 7 heteroatoms. The third kappa shape index (κ3) is 3.40. The van der Waals surface area contributed by atoms with E-state index in [9.17, 15) is 9.67 Å². The standard InChI is InChI=1S/C18H21F2O4P/c1-3-23-25(22,24-4-2)18(19,20)17(21,15-11-7-5-8-12-15)16-13-9-6-10-14-16/h5-14,21H,3-4H2,1-2H3. The molecule has 1 N–H and O–H groups in total. The summed E-state index contributed by atoms with van der Waals surface area (Å²) < 4.78 is 53.6. The van der Waals surface area contributed by atoms with Crippen molar-refractivity contribution in [3.63, 3.8) is 0 Å². The normalized spacial score (nSPS) is 13.0. The first-order valence-electron chi connectivity index (χ1n) is 7.94. The number of alkyl halides is 2. The van der Waals surface area contributed by atoms with E-state index in [1.807, 2.05) is 0 Å². The van der Waals surface area contributed by atoms with Crippen molar-refractivity contribution in [3.8, 4) is 0 Å². The lowest BCUT2D eigenvalue weighted by molar-refractivity contribution is -0.122. The van der Waals surface area contributed by atoms with Gasteiger partial charge in [-0.3, -0.25) is 4.57 Å². The molecule has 0 aliphatic rings. The van der Waals surface area contributed by atoms with Crippen LogP contribution in [0.25, 0.3) is 0 Å². The minimum absolute atomic E-state index is 0.106. The summed E-state index contributed by atoms with van der Waals surface area (Å²) in [4.78, 5) is 0. The van der Waals surface area contributed by atoms with Crippen LogP contribution < -0.4 is 0 Å². The van der Waals surface area contributed by atoms with E-state index >= 15 is 8.78 Å². The number of rotatable bonds is 8. The average molecular weight is 370 g/mol. The highest BCUT2D eigenvalue weighted by molar-refractivity contribution is 7.55. The smallest absolute Gasteiger partial charge is 0.374 e. The fourth-order valence-electron chi connectivity index (χ4n) is 2.61. The lowest BCUT2D eigenvalue weighted by Gasteiger charge is -2.39. The zero-order valence-electron chi connectivity index (χ0n) is 14.1. The number of halogens is 2. The predicted molar refractivity (Wildman–Crippen MR) is 91.7 cm³/mol. The van der Waals surface area contributed by atoms with E-state index < -0.39 is 18.9 Å². The van der Waals surface area contributed by atoms with Crippen LogP contribution >= 0.6 is 7.60 Å². The molecule has 2 aromatic rings. The lowest BCUT2D eigenvalue weighted by Crippen LogP contribution is -2.47. The molecule has 136 valence electrons. The molecule has 0 aromatic heterocycles. The quantitative estimate of drug-likeness (QED) is 0.680. The number of hydrogen-bond donors (Lipinski definition) is 1. The van der Waals surface area contributed by atoms with E-state index in [0.29, 0.717) is 0 Å². The predicted octanol–water partition coefficient (Wildman–Crippen LogP) is 4.78. The van der Waals surface area contributed by atoms with Crippen LogP contribution in [0.15, 0.2) is 60.7 Å². The van der Waals surface area contributed by atoms with Gasteiger partial charge in [0, 0.05) is 0 Å². The van der Waals surface area contributed by atoms with Gasteiger partial charge in [-0.15, -0.1) is 0 Å². The molecule has 2 aromatic carbocycles. The Morgan fingerprint density at radius 2 is 1.24 bits per heavy atom. The Balaban J connectivity index is 2.73. The monoisotopic (exact) mass is 370 g/mol. The van der Waals surface area contributed by atoms with Crippen LogP contribution in [0.4, 0.5) is 8.78 Å². The lowest BCUT2D eigenvalue weighted by atomic mass is 9.86. The Kier molecular flexibility index (Phi) is 6.12. The Morgan fingerprint density at radius 1 is 0.880 bits per heavy atom. The van der Waals surface area contributed by atoms with Gasteiger partial charge in [0.25, 0.3) is 0 Å². The Hall–Kier alpha value is -1.59. The van der Waals surface area contributed by atoms with Crippen LogP contribution in [-0.2, 0) is 19.2 Å². The average Bonchev–Trinajstić information content (AvgIpc) is 2.62. The maximum absolute atomic E-state index is 15.5. The molecule has 0 amide bonds. The summed E-state index contributed by atoms with van der Waals surface area (Å²) >= 11 is 0. The SMILES string of the molecule is CCOP(=O)(OCC)C(F)(F)C(O)(c1ccccc1)c1ccccc1. The maximum Gasteiger partial charge on any atom is 0.403 e. The molecule has 25 heavy (non-hydrogen) atoms. The van der Waals surface area contributed by atoms with Crippen LogP contribution in [0.5, 0.6) is 0 Å². The highest BCUT2D eigenvalue weighted by Gasteiger charge is 2.68. The van der Waals surface area contributed by atoms with E-state index in [4.69, 9.17) is 9.05 Å². The number of hydrogen-bond acceptors (Lipinski definition) is 4. The zero-order valence-corrected chi connectivity index (χ0v) is 15.0. The summed E-state index contributed by atoms with van der Waals surface area (Å²) in [7, 11) is -4.96. The van der Waals surface area contributed by atoms with Crippen molar-refractivity contribution in [2.75, 3.05) is 13.2 Å². The van der Waals surface area contributed by atoms with Crippen molar-refractivity contribution in [2.45, 2.75) is 25.1 Å². The highest BCUT2D eigenvalue weighted by Crippen LogP contribution is 2.69. The summed E-state index contributed by atoms with van der Waals surface area (Å²) in [6, 6.07) is 14.8. The van der Waals surface area contributed by atoms with E-state index in [2.05, 4.69) is 0 Å². The summed E-state index contributed by atoms with van der Waals surface area (Å²) in [5.41, 5.74) is -7.30. The van der Waals surface area contributed by atoms with E-state index in [0.717, 1.165) is 0 Å². The number of aliphatic hydroxyl groups is 1. The zero-order chi connectivity index (χ0) is 18.6. The van der Waals surface area contributed by atoms with E-state index in [1.165, 1.54) is 62.4 Å². The van der Waals surface area contributed by atoms with Crippen molar-refractivity contribution in [1.29, 1.82) is 0 Å². The molecule has 0 spiro atoms. The van der Waals surface area contributed by atoms with Crippen LogP contribution in [0.1, 0.15) is 25.0 Å². The van der Waals surface area contributed by atoms with Crippen molar-refractivity contribution in [2.24, 2.45) is 0 Å². The van der Waals surface area contributed by atoms with Gasteiger partial charge in [-0.2, -0.15) is 8.78 Å². The van der Waals surface area contributed by atoms with Crippen molar-refractivity contribution in [3.05, 3.63) is 71.8 Å². The fourth-order valence-corrected chi connectivity index (χ4v) is 4.34. The second-order valence-electron chi connectivity index (χ2n) is 5.32. The molecular formula is C18H21F2O4P. The van der Waals surface area contributed by atoms with E-state index in [1.54, 1.807) is 12.1 Å². The van der Waals surface area contributed by atoms with Crippen LogP contribution in [0.2, 0.25) is 0 Å². The maximum atomic E-state index is 15.5. The third-order valence-corrected chi connectivity index (χ3v) is 5.97. The van der Waals surface area contributed by atoms with Gasteiger partial charge in [0.1, 0.15) is 0 Å². The highest BCUT2D eigenvalue weighted by atomic mass is 31.2. The van der Waals surface area contributed by atoms with Crippen LogP contribution in [0.3, 0.4) is 0 Å². The summed E-state index contributed by atoms with van der Waals surface area (Å²) in [6.07, 6.45) is 0. The summed E-state index contributed by atoms with van der Waals surface area (Å²) in [5, 5.41) is 11.2. The van der Waals surface area contributed by atoms with Gasteiger partial charge < -0.3 is 14.2 Å². The molecule has 0 bridgehead atoms. The minimum Gasteiger partial charge on any atom is -0.374 e. The molecule has 0 saturated heterocycles. The Labute approximate surface area is 145 Å². The molecule has 0 unspecified atom stereocenters. The van der Waals surface area contributed by atoms with Crippen molar-refractivity contribution in [1.82, 2.24) is 0 Å². The van der Waals surface area contributed by atoms with Crippen LogP contribution in [-0.4, -0.2) is 24.0 Å². The van der Waals surface area contributed by atoms with Gasteiger partial charge >= 0.3 is 13.3 Å². The van der Waals surface area contributed by atoms with E-state index in [-0.39, 0.29) is 24.3 Å². The van der Waals surface area contributed by atoms with Gasteiger partial charge in [-0.25, -0.2) is 0 Å². The fraction of sp³-hybridized carbons (Fsp3) is 0.333. The van der Waals surface area contributed by atoms with Gasteiger partial charge in [0.05, 0.1) is 13.2 Å². The second-order valence-corrected chi connectivity index (χ2v) is 7.39. The number of benzene rings is 2. The van der Waals surface area contributed by atoms with Crippen LogP contribution in [0, 0.1) is 0 Å². The second kappa shape index (κ2) is 7.75. The largest absolute Gasteiger partial charge is 0.403 e. The first-order valence-corrected chi connectivity index (χ1v) is 9.48. The van der Waals surface area contributed by atoms with Crippen molar-refractivity contribution >= 4 is 7.60 Å². The van der Waals surface area contributed by atoms with Gasteiger partial charge in [0.2, 0.25) is 0 Å². The first kappa shape index (κ1) is 19.7. The molecule has 2 rings (SSSR count). The van der Waals surface area contributed by atoms with Gasteiger partial charge in [-0.1, -0.05) is 60.7 Å². The van der Waals surface area contributed by atoms with Gasteiger partial charge in [-0.05, 0) is 25.0 Å². The molecule has 0 heterocycles. The molecule has 0 saturated carbocycles. The molecule has 0 fully saturated rings. The molecule has 0 atom stereocenters. The molecule has 0 aliphatic carbocycles. The molecule has 4 nitrogen and oxygen atoms in total. The Bertz CT molecular complexity index is 673. The molecular weight excluding hydrogens is 349 g/mol. The first-order chi connectivity index (χ1) is 11.8. The molecule has 0 aliphatic heterocycles. The summed E-state index contributed by atoms with van der Waals surface area (Å²) in [6.45, 7) is 2.39. The van der Waals surface area contributed by atoms with Crippen molar-refractivity contribution < 1.29 is 27.5 Å². The molecule has 0 radical (unpaired) electrons. The van der Waals surface area contributed by atoms with Gasteiger partial charge in [0.15, 0.2) is 5.60 Å². The topological polar surface area (TPSA) is 55.8 Å². The summed E-state index contributed by atoms with van der Waals surface area (Å²) in [5.74, 6) is 0. The Morgan fingerprint density at radius 3 is 1.56 bits per heavy atom. The minimum atomic E-state index is -4.96. The third-order valence-electron chi connectivity index (χ3n) is 3.76.